The summed E-state index contributed by atoms with van der Waals surface area (Å²) in [5.74, 6) is 0.713. The maximum atomic E-state index is 6.14. The molecule has 3 heteroatoms. The molecule has 0 radical (unpaired) electrons. The van der Waals surface area contributed by atoms with Crippen LogP contribution >= 0.6 is 11.6 Å². The Morgan fingerprint density at radius 2 is 2.16 bits per heavy atom. The van der Waals surface area contributed by atoms with E-state index in [0.29, 0.717) is 5.92 Å². The third kappa shape index (κ3) is 4.39. The number of hydrogen-bond donors (Lipinski definition) is 1. The third-order valence-corrected chi connectivity index (χ3v) is 4.13. The van der Waals surface area contributed by atoms with Crippen molar-refractivity contribution in [2.45, 2.75) is 45.7 Å². The minimum atomic E-state index is 0.713. The van der Waals surface area contributed by atoms with E-state index in [4.69, 9.17) is 11.6 Å². The van der Waals surface area contributed by atoms with Gasteiger partial charge in [-0.3, -0.25) is 0 Å². The fraction of sp³-hybridized carbons (Fsp3) is 0.625. The highest BCUT2D eigenvalue weighted by molar-refractivity contribution is 6.30. The van der Waals surface area contributed by atoms with Crippen LogP contribution in [0.25, 0.3) is 0 Å². The molecule has 1 saturated carbocycles. The van der Waals surface area contributed by atoms with Gasteiger partial charge in [0, 0.05) is 36.9 Å². The lowest BCUT2D eigenvalue weighted by atomic mass is 10.1. The predicted molar refractivity (Wildman–Crippen MR) is 84.0 cm³/mol. The van der Waals surface area contributed by atoms with Gasteiger partial charge in [0.15, 0.2) is 0 Å². The first kappa shape index (κ1) is 14.7. The second kappa shape index (κ2) is 6.62. The van der Waals surface area contributed by atoms with Crippen LogP contribution in [0.1, 0.15) is 38.7 Å². The van der Waals surface area contributed by atoms with E-state index in [1.807, 2.05) is 6.07 Å². The van der Waals surface area contributed by atoms with Crippen molar-refractivity contribution in [1.82, 2.24) is 5.32 Å². The molecule has 106 valence electrons. The molecule has 1 atom stereocenters. The molecule has 0 bridgehead atoms. The number of nitrogens with zero attached hydrogens (tertiary/aromatic N) is 1. The lowest BCUT2D eigenvalue weighted by Gasteiger charge is -2.25. The number of benzene rings is 1. The summed E-state index contributed by atoms with van der Waals surface area (Å²) in [5.41, 5.74) is 2.61. The zero-order valence-corrected chi connectivity index (χ0v) is 13.0. The third-order valence-electron chi connectivity index (χ3n) is 3.89. The Labute approximate surface area is 122 Å². The highest BCUT2D eigenvalue weighted by atomic mass is 35.5. The van der Waals surface area contributed by atoms with E-state index in [2.05, 4.69) is 43.2 Å². The molecule has 0 amide bonds. The van der Waals surface area contributed by atoms with Crippen LogP contribution in [0.5, 0.6) is 0 Å². The fourth-order valence-corrected chi connectivity index (χ4v) is 2.50. The highest BCUT2D eigenvalue weighted by Crippen LogP contribution is 2.26. The van der Waals surface area contributed by atoms with Crippen LogP contribution in [0.15, 0.2) is 18.2 Å². The van der Waals surface area contributed by atoms with Gasteiger partial charge in [-0.15, -0.1) is 0 Å². The molecule has 0 spiro atoms. The average Bonchev–Trinajstić information content (AvgIpc) is 3.20. The number of rotatable bonds is 7. The van der Waals surface area contributed by atoms with E-state index in [-0.39, 0.29) is 0 Å². The molecule has 2 nitrogen and oxygen atoms in total. The molecular weight excluding hydrogens is 256 g/mol. The second-order valence-electron chi connectivity index (χ2n) is 5.82. The van der Waals surface area contributed by atoms with Gasteiger partial charge < -0.3 is 10.2 Å². The normalized spacial score (nSPS) is 16.4. The summed E-state index contributed by atoms with van der Waals surface area (Å²) in [6.45, 7) is 6.56. The van der Waals surface area contributed by atoms with Crippen molar-refractivity contribution in [1.29, 1.82) is 0 Å². The molecule has 0 heterocycles. The van der Waals surface area contributed by atoms with Gasteiger partial charge in [-0.25, -0.2) is 0 Å². The summed E-state index contributed by atoms with van der Waals surface area (Å²) in [5, 5.41) is 4.40. The Balaban J connectivity index is 2.07. The summed E-state index contributed by atoms with van der Waals surface area (Å²) in [6, 6.07) is 6.96. The van der Waals surface area contributed by atoms with Crippen LogP contribution in [-0.4, -0.2) is 19.6 Å². The van der Waals surface area contributed by atoms with Gasteiger partial charge in [-0.05, 0) is 42.5 Å². The molecule has 1 aromatic carbocycles. The van der Waals surface area contributed by atoms with Gasteiger partial charge in [0.25, 0.3) is 0 Å². The molecule has 0 aliphatic heterocycles. The Morgan fingerprint density at radius 1 is 1.42 bits per heavy atom. The van der Waals surface area contributed by atoms with Gasteiger partial charge >= 0.3 is 0 Å². The number of halogens is 1. The maximum Gasteiger partial charge on any atom is 0.0410 e. The van der Waals surface area contributed by atoms with E-state index < -0.39 is 0 Å². The van der Waals surface area contributed by atoms with E-state index in [1.165, 1.54) is 30.5 Å². The summed E-state index contributed by atoms with van der Waals surface area (Å²) in [7, 11) is 2.18. The van der Waals surface area contributed by atoms with Crippen molar-refractivity contribution in [2.24, 2.45) is 5.92 Å². The molecule has 1 fully saturated rings. The molecule has 0 aromatic heterocycles. The van der Waals surface area contributed by atoms with Crippen molar-refractivity contribution in [2.75, 3.05) is 18.5 Å². The van der Waals surface area contributed by atoms with Crippen molar-refractivity contribution in [3.63, 3.8) is 0 Å². The topological polar surface area (TPSA) is 15.3 Å². The van der Waals surface area contributed by atoms with Gasteiger partial charge in [-0.1, -0.05) is 31.9 Å². The lowest BCUT2D eigenvalue weighted by Crippen LogP contribution is -2.26. The van der Waals surface area contributed by atoms with Crippen LogP contribution < -0.4 is 10.2 Å². The summed E-state index contributed by atoms with van der Waals surface area (Å²) in [6.07, 6.45) is 3.85. The molecule has 1 aliphatic rings. The summed E-state index contributed by atoms with van der Waals surface area (Å²) >= 11 is 6.14. The predicted octanol–water partition coefficient (Wildman–Crippen LogP) is 4.07. The van der Waals surface area contributed by atoms with Gasteiger partial charge in [0.2, 0.25) is 0 Å². The smallest absolute Gasteiger partial charge is 0.0410 e. The van der Waals surface area contributed by atoms with Crippen LogP contribution in [0.4, 0.5) is 5.69 Å². The Bertz CT molecular complexity index is 415. The minimum absolute atomic E-state index is 0.713. The summed E-state index contributed by atoms with van der Waals surface area (Å²) < 4.78 is 0. The lowest BCUT2D eigenvalue weighted by molar-refractivity contribution is 0.558. The van der Waals surface area contributed by atoms with Crippen LogP contribution in [0.2, 0.25) is 5.02 Å². The molecule has 1 aliphatic carbocycles. The van der Waals surface area contributed by atoms with Gasteiger partial charge in [-0.2, -0.15) is 0 Å². The molecule has 2 rings (SSSR count). The standard InChI is InChI=1S/C16H25ClN2/c1-4-12(2)11-19(3)16-8-5-14(17)9-13(16)10-18-15-6-7-15/h5,8-9,12,15,18H,4,6-7,10-11H2,1-3H3. The minimum Gasteiger partial charge on any atom is -0.374 e. The van der Waals surface area contributed by atoms with E-state index in [9.17, 15) is 0 Å². The quantitative estimate of drug-likeness (QED) is 0.810. The molecule has 0 saturated heterocycles. The Kier molecular flexibility index (Phi) is 5.12. The number of anilines is 1. The van der Waals surface area contributed by atoms with Crippen LogP contribution in [0.3, 0.4) is 0 Å². The van der Waals surface area contributed by atoms with Crippen LogP contribution in [-0.2, 0) is 6.54 Å². The molecule has 1 aromatic rings. The number of nitrogens with one attached hydrogen (secondary N) is 1. The molecule has 19 heavy (non-hydrogen) atoms. The van der Waals surface area contributed by atoms with E-state index >= 15 is 0 Å². The maximum absolute atomic E-state index is 6.14. The van der Waals surface area contributed by atoms with Crippen LogP contribution in [0, 0.1) is 5.92 Å². The SMILES string of the molecule is CCC(C)CN(C)c1ccc(Cl)cc1CNC1CC1. The summed E-state index contributed by atoms with van der Waals surface area (Å²) in [4.78, 5) is 2.36. The van der Waals surface area contributed by atoms with Crippen molar-refractivity contribution in [3.05, 3.63) is 28.8 Å². The molecule has 1 unspecified atom stereocenters. The highest BCUT2D eigenvalue weighted by Gasteiger charge is 2.21. The van der Waals surface area contributed by atoms with Gasteiger partial charge in [0.1, 0.15) is 0 Å². The zero-order valence-electron chi connectivity index (χ0n) is 12.2. The Hall–Kier alpha value is -0.730. The van der Waals surface area contributed by atoms with E-state index in [0.717, 1.165) is 24.2 Å². The number of hydrogen-bond acceptors (Lipinski definition) is 2. The largest absolute Gasteiger partial charge is 0.374 e. The van der Waals surface area contributed by atoms with E-state index in [1.54, 1.807) is 0 Å². The average molecular weight is 281 g/mol. The zero-order chi connectivity index (χ0) is 13.8. The first-order valence-corrected chi connectivity index (χ1v) is 7.71. The monoisotopic (exact) mass is 280 g/mol. The first-order valence-electron chi connectivity index (χ1n) is 7.33. The first-order chi connectivity index (χ1) is 9.10. The second-order valence-corrected chi connectivity index (χ2v) is 6.26. The molecular formula is C16H25ClN2. The van der Waals surface area contributed by atoms with Crippen molar-refractivity contribution in [3.8, 4) is 0 Å². The van der Waals surface area contributed by atoms with Gasteiger partial charge in [0.05, 0.1) is 0 Å². The Morgan fingerprint density at radius 3 is 2.79 bits per heavy atom. The molecule has 1 N–H and O–H groups in total. The van der Waals surface area contributed by atoms with Crippen molar-refractivity contribution >= 4 is 17.3 Å². The van der Waals surface area contributed by atoms with Crippen molar-refractivity contribution < 1.29 is 0 Å². The fourth-order valence-electron chi connectivity index (χ4n) is 2.30.